The fraction of sp³-hybridized carbons (Fsp3) is 0.375. The Morgan fingerprint density at radius 2 is 1.92 bits per heavy atom. The van der Waals surface area contributed by atoms with Crippen molar-refractivity contribution >= 4 is 23.2 Å². The van der Waals surface area contributed by atoms with Crippen LogP contribution >= 0.6 is 23.2 Å². The predicted molar refractivity (Wildman–Crippen MR) is 49.6 cm³/mol. The zero-order valence-electron chi connectivity index (χ0n) is 6.35. The van der Waals surface area contributed by atoms with Gasteiger partial charge in [-0.3, -0.25) is 4.98 Å². The summed E-state index contributed by atoms with van der Waals surface area (Å²) in [6.07, 6.45) is 4.36. The van der Waals surface area contributed by atoms with Gasteiger partial charge in [0.15, 0.2) is 0 Å². The summed E-state index contributed by atoms with van der Waals surface area (Å²) in [7, 11) is 0. The third-order valence-corrected chi connectivity index (χ3v) is 2.66. The van der Waals surface area contributed by atoms with Gasteiger partial charge < -0.3 is 5.32 Å². The van der Waals surface area contributed by atoms with E-state index in [2.05, 4.69) is 10.3 Å². The number of rotatable bonds is 1. The summed E-state index contributed by atoms with van der Waals surface area (Å²) in [4.78, 5) is 3.89. The first kappa shape index (κ1) is 8.30. The second-order valence-electron chi connectivity index (χ2n) is 2.81. The fourth-order valence-electron chi connectivity index (χ4n) is 1.29. The zero-order valence-corrected chi connectivity index (χ0v) is 7.86. The van der Waals surface area contributed by atoms with E-state index in [1.54, 1.807) is 12.4 Å². The Morgan fingerprint density at radius 3 is 2.33 bits per heavy atom. The molecule has 1 aromatic heterocycles. The van der Waals surface area contributed by atoms with E-state index in [-0.39, 0.29) is 0 Å². The Balaban J connectivity index is 2.39. The van der Waals surface area contributed by atoms with Crippen LogP contribution in [-0.2, 0) is 0 Å². The lowest BCUT2D eigenvalue weighted by Crippen LogP contribution is -2.35. The van der Waals surface area contributed by atoms with Crippen LogP contribution in [0.25, 0.3) is 0 Å². The van der Waals surface area contributed by atoms with Gasteiger partial charge in [0.05, 0.1) is 10.0 Å². The topological polar surface area (TPSA) is 24.9 Å². The first-order chi connectivity index (χ1) is 5.79. The smallest absolute Gasteiger partial charge is 0.0652 e. The molecule has 1 aliphatic rings. The third-order valence-electron chi connectivity index (χ3n) is 2.06. The van der Waals surface area contributed by atoms with Crippen molar-refractivity contribution in [2.24, 2.45) is 0 Å². The molecule has 1 saturated heterocycles. The minimum absolute atomic E-state index is 0.327. The Morgan fingerprint density at radius 1 is 1.33 bits per heavy atom. The minimum Gasteiger partial charge on any atom is -0.310 e. The molecule has 0 unspecified atom stereocenters. The van der Waals surface area contributed by atoms with Crippen LogP contribution in [0.15, 0.2) is 12.4 Å². The van der Waals surface area contributed by atoms with Crippen molar-refractivity contribution in [3.8, 4) is 0 Å². The number of halogens is 2. The molecule has 4 heteroatoms. The van der Waals surface area contributed by atoms with Crippen molar-refractivity contribution in [2.45, 2.75) is 12.5 Å². The van der Waals surface area contributed by atoms with E-state index in [9.17, 15) is 0 Å². The van der Waals surface area contributed by atoms with Gasteiger partial charge in [-0.1, -0.05) is 23.2 Å². The highest BCUT2D eigenvalue weighted by Crippen LogP contribution is 2.33. The molecule has 2 heterocycles. The summed E-state index contributed by atoms with van der Waals surface area (Å²) >= 11 is 11.9. The summed E-state index contributed by atoms with van der Waals surface area (Å²) in [6, 6.07) is 0.327. The highest BCUT2D eigenvalue weighted by Gasteiger charge is 2.23. The van der Waals surface area contributed by atoms with E-state index in [4.69, 9.17) is 23.2 Å². The molecule has 1 aliphatic heterocycles. The van der Waals surface area contributed by atoms with Crippen LogP contribution in [0.1, 0.15) is 18.0 Å². The van der Waals surface area contributed by atoms with E-state index in [1.165, 1.54) is 0 Å². The third kappa shape index (κ3) is 1.30. The van der Waals surface area contributed by atoms with Crippen molar-refractivity contribution in [3.63, 3.8) is 0 Å². The average Bonchev–Trinajstić information content (AvgIpc) is 1.93. The van der Waals surface area contributed by atoms with Gasteiger partial charge in [-0.15, -0.1) is 0 Å². The highest BCUT2D eigenvalue weighted by molar-refractivity contribution is 6.35. The quantitative estimate of drug-likeness (QED) is 0.758. The molecule has 0 spiro atoms. The van der Waals surface area contributed by atoms with Gasteiger partial charge in [0.25, 0.3) is 0 Å². The standard InChI is InChI=1S/C8H8Cl2N2/c9-5-3-11-4-6(10)8(5)7-1-2-12-7/h3-4,7,12H,1-2H2/t7-/m1/s1. The lowest BCUT2D eigenvalue weighted by atomic mass is 9.99. The molecule has 0 saturated carbocycles. The maximum atomic E-state index is 5.95. The Bertz CT molecular complexity index is 277. The van der Waals surface area contributed by atoms with Gasteiger partial charge in [0.2, 0.25) is 0 Å². The van der Waals surface area contributed by atoms with Crippen LogP contribution in [0, 0.1) is 0 Å². The highest BCUT2D eigenvalue weighted by atomic mass is 35.5. The largest absolute Gasteiger partial charge is 0.310 e. The molecular weight excluding hydrogens is 195 g/mol. The molecule has 0 amide bonds. The molecule has 2 rings (SSSR count). The Kier molecular flexibility index (Phi) is 2.22. The second-order valence-corrected chi connectivity index (χ2v) is 3.63. The monoisotopic (exact) mass is 202 g/mol. The number of hydrogen-bond donors (Lipinski definition) is 1. The van der Waals surface area contributed by atoms with E-state index < -0.39 is 0 Å². The lowest BCUT2D eigenvalue weighted by molar-refractivity contribution is 0.383. The van der Waals surface area contributed by atoms with Crippen LogP contribution < -0.4 is 5.32 Å². The van der Waals surface area contributed by atoms with Crippen molar-refractivity contribution < 1.29 is 0 Å². The van der Waals surface area contributed by atoms with E-state index >= 15 is 0 Å². The molecular formula is C8H8Cl2N2. The van der Waals surface area contributed by atoms with E-state index in [1.807, 2.05) is 0 Å². The normalized spacial score (nSPS) is 22.0. The molecule has 2 nitrogen and oxygen atoms in total. The average molecular weight is 203 g/mol. The van der Waals surface area contributed by atoms with Crippen LogP contribution in [0.2, 0.25) is 10.0 Å². The summed E-state index contributed by atoms with van der Waals surface area (Å²) in [5, 5.41) is 4.55. The predicted octanol–water partition coefficient (Wildman–Crippen LogP) is 2.42. The van der Waals surface area contributed by atoms with Crippen molar-refractivity contribution in [1.82, 2.24) is 10.3 Å². The summed E-state index contributed by atoms with van der Waals surface area (Å²) in [6.45, 7) is 1.04. The molecule has 1 fully saturated rings. The fourth-order valence-corrected chi connectivity index (χ4v) is 1.92. The van der Waals surface area contributed by atoms with Gasteiger partial charge in [-0.25, -0.2) is 0 Å². The van der Waals surface area contributed by atoms with Gasteiger partial charge >= 0.3 is 0 Å². The van der Waals surface area contributed by atoms with Crippen molar-refractivity contribution in [2.75, 3.05) is 6.54 Å². The van der Waals surface area contributed by atoms with Crippen LogP contribution in [-0.4, -0.2) is 11.5 Å². The summed E-state index contributed by atoms with van der Waals surface area (Å²) < 4.78 is 0. The van der Waals surface area contributed by atoms with E-state index in [0.29, 0.717) is 16.1 Å². The SMILES string of the molecule is Clc1cncc(Cl)c1[C@H]1CCN1. The first-order valence-corrected chi connectivity index (χ1v) is 4.57. The molecule has 1 aromatic rings. The Hall–Kier alpha value is -0.310. The van der Waals surface area contributed by atoms with Gasteiger partial charge in [0.1, 0.15) is 0 Å². The Labute approximate surface area is 80.9 Å². The molecule has 0 bridgehead atoms. The van der Waals surface area contributed by atoms with Gasteiger partial charge in [-0.2, -0.15) is 0 Å². The minimum atomic E-state index is 0.327. The van der Waals surface area contributed by atoms with Crippen LogP contribution in [0.4, 0.5) is 0 Å². The number of aromatic nitrogens is 1. The second kappa shape index (κ2) is 3.21. The lowest BCUT2D eigenvalue weighted by Gasteiger charge is -2.29. The number of hydrogen-bond acceptors (Lipinski definition) is 2. The van der Waals surface area contributed by atoms with Crippen LogP contribution in [0.5, 0.6) is 0 Å². The molecule has 0 radical (unpaired) electrons. The van der Waals surface area contributed by atoms with E-state index in [0.717, 1.165) is 18.5 Å². The molecule has 0 aromatic carbocycles. The molecule has 1 atom stereocenters. The maximum Gasteiger partial charge on any atom is 0.0652 e. The number of nitrogens with one attached hydrogen (secondary N) is 1. The summed E-state index contributed by atoms with van der Waals surface area (Å²) in [5.74, 6) is 0. The number of pyridine rings is 1. The molecule has 1 N–H and O–H groups in total. The van der Waals surface area contributed by atoms with Gasteiger partial charge in [0, 0.05) is 24.0 Å². The van der Waals surface area contributed by atoms with Crippen molar-refractivity contribution in [1.29, 1.82) is 0 Å². The first-order valence-electron chi connectivity index (χ1n) is 3.81. The maximum absolute atomic E-state index is 5.95. The zero-order chi connectivity index (χ0) is 8.55. The number of nitrogens with zero attached hydrogens (tertiary/aromatic N) is 1. The summed E-state index contributed by atoms with van der Waals surface area (Å²) in [5.41, 5.74) is 0.986. The van der Waals surface area contributed by atoms with Crippen LogP contribution in [0.3, 0.4) is 0 Å². The molecule has 12 heavy (non-hydrogen) atoms. The van der Waals surface area contributed by atoms with Gasteiger partial charge in [-0.05, 0) is 13.0 Å². The molecule has 0 aliphatic carbocycles. The molecule has 64 valence electrons. The van der Waals surface area contributed by atoms with Crippen molar-refractivity contribution in [3.05, 3.63) is 28.0 Å².